The lowest BCUT2D eigenvalue weighted by Gasteiger charge is -2.25. The molecule has 22 heavy (non-hydrogen) atoms. The molecule has 0 unspecified atom stereocenters. The molecule has 0 saturated heterocycles. The molecule has 0 aromatic heterocycles. The van der Waals surface area contributed by atoms with E-state index in [0.717, 1.165) is 25.9 Å². The van der Waals surface area contributed by atoms with Crippen LogP contribution < -0.4 is 0 Å². The van der Waals surface area contributed by atoms with Gasteiger partial charge in [-0.2, -0.15) is 0 Å². The minimum absolute atomic E-state index is 0.584. The zero-order valence-electron chi connectivity index (χ0n) is 13.1. The van der Waals surface area contributed by atoms with Crippen molar-refractivity contribution in [3.8, 4) is 0 Å². The molecule has 0 aliphatic heterocycles. The predicted octanol–water partition coefficient (Wildman–Crippen LogP) is 4.79. The molecule has 0 heterocycles. The Morgan fingerprint density at radius 1 is 0.909 bits per heavy atom. The number of thiocarbonyl (C=S) groups is 1. The molecule has 0 aliphatic carbocycles. The highest BCUT2D eigenvalue weighted by molar-refractivity contribution is 7.80. The third-order valence-corrected chi connectivity index (χ3v) is 3.79. The molecule has 3 heteroatoms. The summed E-state index contributed by atoms with van der Waals surface area (Å²) in [7, 11) is 0. The molecule has 0 bridgehead atoms. The Balaban J connectivity index is 2.04. The first-order valence-corrected chi connectivity index (χ1v) is 8.20. The molecule has 0 N–H and O–H groups in total. The fourth-order valence-corrected chi connectivity index (χ4v) is 2.40. The molecule has 0 amide bonds. The van der Waals surface area contributed by atoms with E-state index < -0.39 is 0 Å². The molecule has 2 aromatic rings. The Hall–Kier alpha value is -1.87. The van der Waals surface area contributed by atoms with Crippen LogP contribution in [-0.4, -0.2) is 16.7 Å². The van der Waals surface area contributed by atoms with Crippen LogP contribution in [0.15, 0.2) is 60.7 Å². The van der Waals surface area contributed by atoms with Crippen LogP contribution in [0.1, 0.15) is 30.9 Å². The van der Waals surface area contributed by atoms with E-state index in [-0.39, 0.29) is 0 Å². The lowest BCUT2D eigenvalue weighted by atomic mass is 10.2. The van der Waals surface area contributed by atoms with Crippen molar-refractivity contribution in [3.63, 3.8) is 0 Å². The Kier molecular flexibility index (Phi) is 6.91. The van der Waals surface area contributed by atoms with E-state index in [1.807, 2.05) is 12.1 Å². The van der Waals surface area contributed by atoms with Crippen molar-refractivity contribution in [2.45, 2.75) is 32.9 Å². The Morgan fingerprint density at radius 2 is 1.41 bits per heavy atom. The summed E-state index contributed by atoms with van der Waals surface area (Å²) in [6.45, 7) is 4.37. The van der Waals surface area contributed by atoms with Crippen molar-refractivity contribution in [2.75, 3.05) is 6.61 Å². The van der Waals surface area contributed by atoms with Gasteiger partial charge in [0.15, 0.2) is 0 Å². The van der Waals surface area contributed by atoms with E-state index in [1.54, 1.807) is 0 Å². The van der Waals surface area contributed by atoms with E-state index in [9.17, 15) is 0 Å². The SMILES string of the molecule is CCCCOC(=S)N(Cc1ccccc1)Cc1ccccc1. The zero-order chi connectivity index (χ0) is 15.6. The van der Waals surface area contributed by atoms with Gasteiger partial charge in [0.05, 0.1) is 6.61 Å². The summed E-state index contributed by atoms with van der Waals surface area (Å²) in [6.07, 6.45) is 2.14. The number of hydrogen-bond acceptors (Lipinski definition) is 2. The quantitative estimate of drug-likeness (QED) is 0.538. The van der Waals surface area contributed by atoms with Crippen molar-refractivity contribution in [2.24, 2.45) is 0 Å². The van der Waals surface area contributed by atoms with E-state index in [1.165, 1.54) is 11.1 Å². The molecular weight excluding hydrogens is 290 g/mol. The van der Waals surface area contributed by atoms with Crippen LogP contribution >= 0.6 is 12.2 Å². The first-order valence-electron chi connectivity index (χ1n) is 7.79. The molecule has 0 radical (unpaired) electrons. The zero-order valence-corrected chi connectivity index (χ0v) is 13.9. The average Bonchev–Trinajstić information content (AvgIpc) is 2.56. The lowest BCUT2D eigenvalue weighted by Crippen LogP contribution is -2.30. The maximum absolute atomic E-state index is 5.75. The highest BCUT2D eigenvalue weighted by Gasteiger charge is 2.12. The second-order valence-corrected chi connectivity index (χ2v) is 5.64. The number of rotatable bonds is 7. The minimum Gasteiger partial charge on any atom is -0.471 e. The minimum atomic E-state index is 0.584. The summed E-state index contributed by atoms with van der Waals surface area (Å²) in [5.41, 5.74) is 2.47. The maximum atomic E-state index is 5.75. The topological polar surface area (TPSA) is 12.5 Å². The van der Waals surface area contributed by atoms with Crippen LogP contribution in [0.4, 0.5) is 0 Å². The number of unbranched alkanes of at least 4 members (excludes halogenated alkanes) is 1. The first kappa shape index (κ1) is 16.5. The summed E-state index contributed by atoms with van der Waals surface area (Å²) in [6, 6.07) is 20.7. The molecule has 0 spiro atoms. The second kappa shape index (κ2) is 9.21. The van der Waals surface area contributed by atoms with Gasteiger partial charge in [0.2, 0.25) is 0 Å². The second-order valence-electron chi connectivity index (χ2n) is 5.30. The normalized spacial score (nSPS) is 10.2. The van der Waals surface area contributed by atoms with Gasteiger partial charge < -0.3 is 9.64 Å². The maximum Gasteiger partial charge on any atom is 0.259 e. The molecule has 0 aliphatic rings. The van der Waals surface area contributed by atoms with Crippen LogP contribution in [0.3, 0.4) is 0 Å². The van der Waals surface area contributed by atoms with Crippen LogP contribution in [0.25, 0.3) is 0 Å². The predicted molar refractivity (Wildman–Crippen MR) is 95.6 cm³/mol. The van der Waals surface area contributed by atoms with E-state index in [4.69, 9.17) is 17.0 Å². The standard InChI is InChI=1S/C19H23NOS/c1-2-3-14-21-19(22)20(15-17-10-6-4-7-11-17)16-18-12-8-5-9-13-18/h4-13H,2-3,14-16H2,1H3. The van der Waals surface area contributed by atoms with E-state index >= 15 is 0 Å². The molecule has 0 atom stereocenters. The summed E-state index contributed by atoms with van der Waals surface area (Å²) in [5.74, 6) is 0. The van der Waals surface area contributed by atoms with Gasteiger partial charge >= 0.3 is 0 Å². The van der Waals surface area contributed by atoms with Crippen LogP contribution in [-0.2, 0) is 17.8 Å². The van der Waals surface area contributed by atoms with Gasteiger partial charge in [0, 0.05) is 13.1 Å². The Labute approximate surface area is 138 Å². The molecule has 2 rings (SSSR count). The molecule has 0 fully saturated rings. The van der Waals surface area contributed by atoms with Crippen molar-refractivity contribution >= 4 is 17.4 Å². The number of hydrogen-bond donors (Lipinski definition) is 0. The molecule has 0 saturated carbocycles. The summed E-state index contributed by atoms with van der Waals surface area (Å²) < 4.78 is 5.75. The van der Waals surface area contributed by atoms with Gasteiger partial charge in [-0.05, 0) is 29.8 Å². The summed E-state index contributed by atoms with van der Waals surface area (Å²) >= 11 is 5.49. The third kappa shape index (κ3) is 5.49. The fourth-order valence-electron chi connectivity index (χ4n) is 2.19. The van der Waals surface area contributed by atoms with E-state index in [0.29, 0.717) is 11.8 Å². The average molecular weight is 313 g/mol. The van der Waals surface area contributed by atoms with Gasteiger partial charge in [-0.15, -0.1) is 0 Å². The van der Waals surface area contributed by atoms with Crippen LogP contribution in [0.5, 0.6) is 0 Å². The van der Waals surface area contributed by atoms with Crippen LogP contribution in [0.2, 0.25) is 0 Å². The highest BCUT2D eigenvalue weighted by atomic mass is 32.1. The fraction of sp³-hybridized carbons (Fsp3) is 0.316. The summed E-state index contributed by atoms with van der Waals surface area (Å²) in [4.78, 5) is 2.12. The number of nitrogens with zero attached hydrogens (tertiary/aromatic N) is 1. The number of benzene rings is 2. The molecule has 2 aromatic carbocycles. The highest BCUT2D eigenvalue weighted by Crippen LogP contribution is 2.12. The van der Waals surface area contributed by atoms with Crippen LogP contribution in [0, 0.1) is 0 Å². The third-order valence-electron chi connectivity index (χ3n) is 3.41. The van der Waals surface area contributed by atoms with Crippen molar-refractivity contribution in [1.29, 1.82) is 0 Å². The summed E-state index contributed by atoms with van der Waals surface area (Å²) in [5, 5.41) is 0.584. The van der Waals surface area contributed by atoms with Crippen molar-refractivity contribution < 1.29 is 4.74 Å². The van der Waals surface area contributed by atoms with Gasteiger partial charge in [0.25, 0.3) is 5.17 Å². The Bertz CT molecular complexity index is 515. The largest absolute Gasteiger partial charge is 0.471 e. The van der Waals surface area contributed by atoms with Crippen molar-refractivity contribution in [3.05, 3.63) is 71.8 Å². The van der Waals surface area contributed by atoms with Gasteiger partial charge in [-0.25, -0.2) is 0 Å². The van der Waals surface area contributed by atoms with Gasteiger partial charge in [-0.3, -0.25) is 0 Å². The van der Waals surface area contributed by atoms with Gasteiger partial charge in [0.1, 0.15) is 0 Å². The molecule has 2 nitrogen and oxygen atoms in total. The lowest BCUT2D eigenvalue weighted by molar-refractivity contribution is 0.230. The van der Waals surface area contributed by atoms with Gasteiger partial charge in [-0.1, -0.05) is 74.0 Å². The molecule has 116 valence electrons. The monoisotopic (exact) mass is 313 g/mol. The van der Waals surface area contributed by atoms with E-state index in [2.05, 4.69) is 60.4 Å². The molecular formula is C19H23NOS. The number of ether oxygens (including phenoxy) is 1. The van der Waals surface area contributed by atoms with Crippen molar-refractivity contribution in [1.82, 2.24) is 4.90 Å². The first-order chi connectivity index (χ1) is 10.8. The Morgan fingerprint density at radius 3 is 1.86 bits per heavy atom. The smallest absolute Gasteiger partial charge is 0.259 e.